The maximum Gasteiger partial charge on any atom is 0.271 e. The third kappa shape index (κ3) is 7.06. The zero-order valence-electron chi connectivity index (χ0n) is 18.9. The Morgan fingerprint density at radius 3 is 2.52 bits per heavy atom. The monoisotopic (exact) mass is 481 g/mol. The molecule has 0 saturated heterocycles. The highest BCUT2D eigenvalue weighted by molar-refractivity contribution is 6.67. The smallest absolute Gasteiger partial charge is 0.271 e. The van der Waals surface area contributed by atoms with Gasteiger partial charge >= 0.3 is 0 Å². The number of carbonyl (C=O) groups is 1. The van der Waals surface area contributed by atoms with E-state index in [0.717, 1.165) is 18.5 Å². The number of hydrogen-bond acceptors (Lipinski definition) is 8. The van der Waals surface area contributed by atoms with E-state index in [1.165, 1.54) is 4.90 Å². The van der Waals surface area contributed by atoms with E-state index in [9.17, 15) is 4.79 Å². The number of ether oxygens (including phenoxy) is 3. The third-order valence-electron chi connectivity index (χ3n) is 4.77. The molecule has 0 fully saturated rings. The normalized spacial score (nSPS) is 15.9. The van der Waals surface area contributed by atoms with Crippen molar-refractivity contribution >= 4 is 34.3 Å². The van der Waals surface area contributed by atoms with Crippen LogP contribution in [-0.2, 0) is 14.3 Å². The number of guanidine groups is 1. The molecular formula is C21H32ClN7O4. The number of primary amides is 1. The highest BCUT2D eigenvalue weighted by Gasteiger charge is 2.34. The van der Waals surface area contributed by atoms with Crippen LogP contribution in [0.5, 0.6) is 5.75 Å². The van der Waals surface area contributed by atoms with Gasteiger partial charge in [0.25, 0.3) is 5.91 Å². The lowest BCUT2D eigenvalue weighted by Gasteiger charge is -2.38. The molecule has 1 unspecified atom stereocenters. The number of unbranched alkanes of at least 4 members (excludes halogenated alkanes) is 1. The molecule has 0 bridgehead atoms. The number of nitrogens with two attached hydrogens (primary N) is 3. The van der Waals surface area contributed by atoms with Gasteiger partial charge in [0.05, 0.1) is 19.8 Å². The molecule has 1 aromatic carbocycles. The summed E-state index contributed by atoms with van der Waals surface area (Å²) in [5, 5.41) is 8.73. The summed E-state index contributed by atoms with van der Waals surface area (Å²) in [7, 11) is 1.62. The first-order valence-electron chi connectivity index (χ1n) is 10.6. The second-order valence-electron chi connectivity index (χ2n) is 7.12. The Bertz CT molecular complexity index is 876. The predicted octanol–water partition coefficient (Wildman–Crippen LogP) is 1.12. The molecule has 0 spiro atoms. The van der Waals surface area contributed by atoms with Crippen LogP contribution in [0.1, 0.15) is 19.8 Å². The van der Waals surface area contributed by atoms with E-state index in [1.807, 2.05) is 19.1 Å². The molecule has 1 aliphatic rings. The van der Waals surface area contributed by atoms with Crippen LogP contribution in [0.2, 0.25) is 0 Å². The van der Waals surface area contributed by atoms with Crippen LogP contribution in [-0.4, -0.2) is 68.2 Å². The molecule has 2 rings (SSSR count). The van der Waals surface area contributed by atoms with Gasteiger partial charge in [0.15, 0.2) is 5.70 Å². The minimum absolute atomic E-state index is 0.0551. The molecule has 1 aromatic rings. The summed E-state index contributed by atoms with van der Waals surface area (Å²) < 4.78 is 16.0. The Labute approximate surface area is 198 Å². The maximum atomic E-state index is 11.7. The summed E-state index contributed by atoms with van der Waals surface area (Å²) in [5.41, 5.74) is 18.1. The van der Waals surface area contributed by atoms with Crippen LogP contribution >= 0.6 is 11.6 Å². The highest BCUT2D eigenvalue weighted by Crippen LogP contribution is 2.25. The quantitative estimate of drug-likeness (QED) is 0.196. The zero-order valence-corrected chi connectivity index (χ0v) is 19.7. The first-order valence-corrected chi connectivity index (χ1v) is 10.9. The van der Waals surface area contributed by atoms with Crippen molar-refractivity contribution in [3.63, 3.8) is 0 Å². The van der Waals surface area contributed by atoms with E-state index in [-0.39, 0.29) is 22.6 Å². The number of carbonyl (C=O) groups excluding carboxylic acids is 1. The van der Waals surface area contributed by atoms with Crippen LogP contribution in [0.3, 0.4) is 0 Å². The molecule has 0 aliphatic carbocycles. The van der Waals surface area contributed by atoms with E-state index in [2.05, 4.69) is 4.99 Å². The molecule has 1 amide bonds. The second-order valence-corrected chi connectivity index (χ2v) is 7.51. The number of halogens is 1. The van der Waals surface area contributed by atoms with Gasteiger partial charge in [-0.05, 0) is 30.7 Å². The number of hydrogen-bond donors (Lipinski definition) is 4. The lowest BCUT2D eigenvalue weighted by molar-refractivity contribution is -0.114. The van der Waals surface area contributed by atoms with E-state index in [1.54, 1.807) is 24.1 Å². The van der Waals surface area contributed by atoms with Crippen molar-refractivity contribution in [2.45, 2.75) is 25.9 Å². The summed E-state index contributed by atoms with van der Waals surface area (Å²) in [6.07, 6.45) is 0.684. The molecular weight excluding hydrogens is 450 g/mol. The van der Waals surface area contributed by atoms with Gasteiger partial charge in [0.1, 0.15) is 29.5 Å². The van der Waals surface area contributed by atoms with Gasteiger partial charge in [-0.25, -0.2) is 4.99 Å². The molecule has 7 N–H and O–H groups in total. The van der Waals surface area contributed by atoms with Crippen molar-refractivity contribution in [2.24, 2.45) is 22.2 Å². The average Bonchev–Trinajstić information content (AvgIpc) is 2.79. The Morgan fingerprint density at radius 1 is 1.24 bits per heavy atom. The van der Waals surface area contributed by atoms with Crippen molar-refractivity contribution in [3.8, 4) is 5.75 Å². The van der Waals surface area contributed by atoms with Gasteiger partial charge in [-0.15, -0.1) is 0 Å². The molecule has 0 radical (unpaired) electrons. The zero-order chi connectivity index (χ0) is 24.4. The van der Waals surface area contributed by atoms with Crippen molar-refractivity contribution < 1.29 is 19.0 Å². The number of benzene rings is 1. The van der Waals surface area contributed by atoms with E-state index >= 15 is 0 Å². The SMILES string of the molecule is CCCCN(C(=N)N1C(N)=C(C(N)=O)N=C(Cl)C1N)c1ccc(OCCOCCOC)cc1. The van der Waals surface area contributed by atoms with Crippen LogP contribution in [0.15, 0.2) is 40.8 Å². The summed E-state index contributed by atoms with van der Waals surface area (Å²) >= 11 is 6.11. The number of aliphatic imine (C=N–C) groups is 1. The predicted molar refractivity (Wildman–Crippen MR) is 128 cm³/mol. The number of amides is 1. The van der Waals surface area contributed by atoms with Gasteiger partial charge in [-0.3, -0.25) is 15.1 Å². The van der Waals surface area contributed by atoms with Crippen LogP contribution in [0, 0.1) is 5.41 Å². The fourth-order valence-corrected chi connectivity index (χ4v) is 3.20. The van der Waals surface area contributed by atoms with E-state index in [4.69, 9.17) is 48.4 Å². The molecule has 33 heavy (non-hydrogen) atoms. The number of nitrogens with zero attached hydrogens (tertiary/aromatic N) is 3. The number of methoxy groups -OCH3 is 1. The molecule has 182 valence electrons. The van der Waals surface area contributed by atoms with E-state index in [0.29, 0.717) is 38.7 Å². The van der Waals surface area contributed by atoms with Crippen LogP contribution in [0.4, 0.5) is 5.69 Å². The Kier molecular flexibility index (Phi) is 10.4. The maximum absolute atomic E-state index is 11.7. The minimum atomic E-state index is -1.02. The minimum Gasteiger partial charge on any atom is -0.491 e. The molecule has 1 heterocycles. The van der Waals surface area contributed by atoms with Crippen LogP contribution in [0.25, 0.3) is 0 Å². The van der Waals surface area contributed by atoms with E-state index < -0.39 is 12.1 Å². The first kappa shape index (κ1) is 26.4. The van der Waals surface area contributed by atoms with Crippen molar-refractivity contribution in [1.82, 2.24) is 4.90 Å². The lowest BCUT2D eigenvalue weighted by atomic mass is 10.2. The van der Waals surface area contributed by atoms with Gasteiger partial charge < -0.3 is 36.3 Å². The Balaban J connectivity index is 2.17. The molecule has 0 saturated carbocycles. The average molecular weight is 482 g/mol. The number of nitrogens with one attached hydrogen (secondary N) is 1. The topological polar surface area (TPSA) is 166 Å². The van der Waals surface area contributed by atoms with Crippen molar-refractivity contribution in [3.05, 3.63) is 35.8 Å². The van der Waals surface area contributed by atoms with Gasteiger partial charge in [-0.2, -0.15) is 0 Å². The van der Waals surface area contributed by atoms with Crippen molar-refractivity contribution in [2.75, 3.05) is 45.0 Å². The third-order valence-corrected chi connectivity index (χ3v) is 5.08. The molecule has 0 aromatic heterocycles. The molecule has 11 nitrogen and oxygen atoms in total. The lowest BCUT2D eigenvalue weighted by Crippen LogP contribution is -2.57. The standard InChI is InChI=1S/C21H32ClN7O4/c1-3-4-9-28(14-5-7-15(8-6-14)33-13-12-32-11-10-31-2)21(26)29-18(23)16(20(25)30)27-17(22)19(29)24/h5-8,19,26H,3-4,9-13,23-24H2,1-2H3,(H2,25,30). The van der Waals surface area contributed by atoms with Gasteiger partial charge in [-0.1, -0.05) is 24.9 Å². The fourth-order valence-electron chi connectivity index (χ4n) is 3.02. The fraction of sp³-hybridized carbons (Fsp3) is 0.476. The summed E-state index contributed by atoms with van der Waals surface area (Å²) in [4.78, 5) is 18.6. The van der Waals surface area contributed by atoms with Gasteiger partial charge in [0.2, 0.25) is 5.96 Å². The Morgan fingerprint density at radius 2 is 1.91 bits per heavy atom. The number of rotatable bonds is 12. The molecule has 1 aliphatic heterocycles. The first-order chi connectivity index (χ1) is 15.8. The van der Waals surface area contributed by atoms with Crippen molar-refractivity contribution in [1.29, 1.82) is 5.41 Å². The largest absolute Gasteiger partial charge is 0.491 e. The van der Waals surface area contributed by atoms with Gasteiger partial charge in [0, 0.05) is 19.3 Å². The Hall–Kier alpha value is -2.86. The summed E-state index contributed by atoms with van der Waals surface area (Å²) in [6.45, 7) is 4.45. The molecule has 12 heteroatoms. The second kappa shape index (κ2) is 13.0. The number of anilines is 1. The summed E-state index contributed by atoms with van der Waals surface area (Å²) in [6, 6.07) is 7.25. The highest BCUT2D eigenvalue weighted by atomic mass is 35.5. The van der Waals surface area contributed by atoms with Crippen LogP contribution < -0.4 is 26.8 Å². The summed E-state index contributed by atoms with van der Waals surface area (Å²) in [5.74, 6) is -0.376. The molecule has 1 atom stereocenters.